The van der Waals surface area contributed by atoms with Crippen LogP contribution in [0.4, 0.5) is 14.4 Å². The second-order valence-electron chi connectivity index (χ2n) is 5.29. The van der Waals surface area contributed by atoms with Crippen LogP contribution >= 0.6 is 0 Å². The lowest BCUT2D eigenvalue weighted by atomic mass is 10.2. The topological polar surface area (TPSA) is 105 Å². The van der Waals surface area contributed by atoms with Gasteiger partial charge in [-0.1, -0.05) is 0 Å². The lowest BCUT2D eigenvalue weighted by molar-refractivity contribution is 0.0464. The minimum Gasteiger partial charge on any atom is -0.444 e. The average molecular weight is 272 g/mol. The fraction of sp³-hybridized carbons (Fsp3) is 0.727. The number of hydrogen-bond acceptors (Lipinski definition) is 4. The Morgan fingerprint density at radius 3 is 2.37 bits per heavy atom. The third-order valence-electron chi connectivity index (χ3n) is 2.50. The molecule has 0 aromatic heterocycles. The van der Waals surface area contributed by atoms with Crippen LogP contribution < -0.4 is 11.1 Å². The van der Waals surface area contributed by atoms with Gasteiger partial charge in [-0.3, -0.25) is 0 Å². The van der Waals surface area contributed by atoms with E-state index < -0.39 is 29.9 Å². The first-order valence-electron chi connectivity index (χ1n) is 5.99. The Balaban J connectivity index is 2.56. The van der Waals surface area contributed by atoms with E-state index in [2.05, 4.69) is 5.32 Å². The van der Waals surface area contributed by atoms with Crippen molar-refractivity contribution >= 4 is 18.2 Å². The van der Waals surface area contributed by atoms with Crippen LogP contribution in [0.5, 0.6) is 0 Å². The third-order valence-corrected chi connectivity index (χ3v) is 2.50. The first-order chi connectivity index (χ1) is 8.61. The van der Waals surface area contributed by atoms with Gasteiger partial charge >= 0.3 is 18.2 Å². The van der Waals surface area contributed by atoms with E-state index in [1.807, 2.05) is 0 Å². The Kier molecular flexibility index (Phi) is 4.23. The zero-order valence-electron chi connectivity index (χ0n) is 11.6. The smallest absolute Gasteiger partial charge is 0.409 e. The number of nitrogens with two attached hydrogens (primary N) is 1. The Hall–Kier alpha value is -1.99. The van der Waals surface area contributed by atoms with Gasteiger partial charge < -0.3 is 20.7 Å². The van der Waals surface area contributed by atoms with Gasteiger partial charge in [-0.25, -0.2) is 19.3 Å². The predicted molar refractivity (Wildman–Crippen MR) is 67.2 cm³/mol. The van der Waals surface area contributed by atoms with E-state index in [1.165, 1.54) is 4.90 Å². The highest BCUT2D eigenvalue weighted by molar-refractivity contribution is 5.94. The molecule has 1 heterocycles. The molecule has 3 N–H and O–H groups in total. The average Bonchev–Trinajstić information content (AvgIpc) is 2.56. The predicted octanol–water partition coefficient (Wildman–Crippen LogP) is 0.673. The maximum Gasteiger partial charge on any atom is 0.409 e. The van der Waals surface area contributed by atoms with Gasteiger partial charge in [0.05, 0.1) is 6.54 Å². The molecule has 1 saturated heterocycles. The molecule has 1 fully saturated rings. The van der Waals surface area contributed by atoms with Gasteiger partial charge in [0.2, 0.25) is 0 Å². The summed E-state index contributed by atoms with van der Waals surface area (Å²) < 4.78 is 5.08. The maximum atomic E-state index is 11.8. The highest BCUT2D eigenvalue weighted by atomic mass is 16.6. The molecule has 1 aliphatic rings. The number of alkyl carbamates (subject to hydrolysis) is 1. The summed E-state index contributed by atoms with van der Waals surface area (Å²) in [6.45, 7) is 7.40. The first kappa shape index (κ1) is 15.1. The van der Waals surface area contributed by atoms with Gasteiger partial charge in [-0.2, -0.15) is 0 Å². The molecule has 1 aliphatic heterocycles. The summed E-state index contributed by atoms with van der Waals surface area (Å²) in [5.74, 6) is 0. The number of carbonyl (C=O) groups is 3. The zero-order chi connectivity index (χ0) is 14.8. The largest absolute Gasteiger partial charge is 0.444 e. The van der Waals surface area contributed by atoms with Crippen molar-refractivity contribution in [1.82, 2.24) is 15.1 Å². The molecule has 0 spiro atoms. The van der Waals surface area contributed by atoms with Gasteiger partial charge in [-0.15, -0.1) is 0 Å². The van der Waals surface area contributed by atoms with E-state index in [9.17, 15) is 14.4 Å². The first-order valence-corrected chi connectivity index (χ1v) is 5.99. The van der Waals surface area contributed by atoms with E-state index in [0.717, 1.165) is 4.90 Å². The molecule has 0 radical (unpaired) electrons. The summed E-state index contributed by atoms with van der Waals surface area (Å²) >= 11 is 0. The van der Waals surface area contributed by atoms with Crippen LogP contribution in [0.3, 0.4) is 0 Å². The van der Waals surface area contributed by atoms with Crippen LogP contribution in [-0.4, -0.2) is 52.8 Å². The Morgan fingerprint density at radius 2 is 1.95 bits per heavy atom. The molecule has 8 nitrogen and oxygen atoms in total. The number of carbonyl (C=O) groups excluding carboxylic acids is 3. The number of primary amides is 1. The highest BCUT2D eigenvalue weighted by Gasteiger charge is 2.35. The normalized spacial score (nSPS) is 17.4. The molecule has 8 heteroatoms. The molecular weight excluding hydrogens is 252 g/mol. The van der Waals surface area contributed by atoms with Gasteiger partial charge in [0.15, 0.2) is 0 Å². The van der Waals surface area contributed by atoms with E-state index in [1.54, 1.807) is 27.7 Å². The fourth-order valence-electron chi connectivity index (χ4n) is 1.67. The Labute approximate surface area is 111 Å². The second-order valence-corrected chi connectivity index (χ2v) is 5.29. The summed E-state index contributed by atoms with van der Waals surface area (Å²) in [7, 11) is 0. The number of amides is 5. The van der Waals surface area contributed by atoms with E-state index >= 15 is 0 Å². The fourth-order valence-corrected chi connectivity index (χ4v) is 1.67. The molecule has 0 aromatic rings. The molecule has 1 rings (SSSR count). The molecule has 1 unspecified atom stereocenters. The van der Waals surface area contributed by atoms with Gasteiger partial charge in [0, 0.05) is 6.54 Å². The molecule has 5 amide bonds. The molecule has 1 atom stereocenters. The van der Waals surface area contributed by atoms with Crippen LogP contribution in [0.2, 0.25) is 0 Å². The van der Waals surface area contributed by atoms with E-state index in [4.69, 9.17) is 10.5 Å². The van der Waals surface area contributed by atoms with Gasteiger partial charge in [-0.05, 0) is 27.7 Å². The van der Waals surface area contributed by atoms with Crippen LogP contribution in [0.1, 0.15) is 27.7 Å². The molecule has 0 aromatic carbocycles. The number of ether oxygens (including phenoxy) is 1. The highest BCUT2D eigenvalue weighted by Crippen LogP contribution is 2.12. The number of hydrogen-bond donors (Lipinski definition) is 2. The van der Waals surface area contributed by atoms with Crippen molar-refractivity contribution in [3.63, 3.8) is 0 Å². The molecule has 19 heavy (non-hydrogen) atoms. The summed E-state index contributed by atoms with van der Waals surface area (Å²) in [5, 5.41) is 2.53. The molecular formula is C11H20N4O4. The minimum atomic E-state index is -0.794. The quantitative estimate of drug-likeness (QED) is 0.770. The van der Waals surface area contributed by atoms with E-state index in [0.29, 0.717) is 6.54 Å². The summed E-state index contributed by atoms with van der Waals surface area (Å²) in [5.41, 5.74) is 4.45. The number of urea groups is 2. The second kappa shape index (κ2) is 5.33. The minimum absolute atomic E-state index is 0.217. The molecule has 0 aliphatic carbocycles. The van der Waals surface area contributed by atoms with Crippen molar-refractivity contribution in [3.8, 4) is 0 Å². The van der Waals surface area contributed by atoms with Crippen molar-refractivity contribution in [2.24, 2.45) is 5.73 Å². The number of nitrogens with zero attached hydrogens (tertiary/aromatic N) is 2. The third kappa shape index (κ3) is 4.01. The Morgan fingerprint density at radius 1 is 1.37 bits per heavy atom. The van der Waals surface area contributed by atoms with Crippen molar-refractivity contribution < 1.29 is 19.1 Å². The van der Waals surface area contributed by atoms with Crippen molar-refractivity contribution in [1.29, 1.82) is 0 Å². The van der Waals surface area contributed by atoms with Crippen LogP contribution in [0, 0.1) is 0 Å². The zero-order valence-corrected chi connectivity index (χ0v) is 11.6. The van der Waals surface area contributed by atoms with Gasteiger partial charge in [0.25, 0.3) is 0 Å². The molecule has 108 valence electrons. The number of rotatable bonds is 2. The lowest BCUT2D eigenvalue weighted by Crippen LogP contribution is -2.50. The Bertz CT molecular complexity index is 391. The van der Waals surface area contributed by atoms with E-state index in [-0.39, 0.29) is 6.54 Å². The van der Waals surface area contributed by atoms with Crippen molar-refractivity contribution in [2.45, 2.75) is 39.5 Å². The van der Waals surface area contributed by atoms with Crippen molar-refractivity contribution in [3.05, 3.63) is 0 Å². The monoisotopic (exact) mass is 272 g/mol. The van der Waals surface area contributed by atoms with Crippen molar-refractivity contribution in [2.75, 3.05) is 13.1 Å². The number of nitrogens with one attached hydrogen (secondary N) is 1. The maximum absolute atomic E-state index is 11.8. The molecule has 0 saturated carbocycles. The SMILES string of the molecule is CC(NC(=O)OC(C)(C)C)N1CCN(C(N)=O)C1=O. The van der Waals surface area contributed by atoms with Crippen LogP contribution in [0.25, 0.3) is 0 Å². The summed E-state index contributed by atoms with van der Waals surface area (Å²) in [6, 6.07) is -1.31. The van der Waals surface area contributed by atoms with Crippen LogP contribution in [0.15, 0.2) is 0 Å². The van der Waals surface area contributed by atoms with Gasteiger partial charge in [0.1, 0.15) is 11.8 Å². The summed E-state index contributed by atoms with van der Waals surface area (Å²) in [6.07, 6.45) is -1.20. The lowest BCUT2D eigenvalue weighted by Gasteiger charge is -2.26. The summed E-state index contributed by atoms with van der Waals surface area (Å²) in [4.78, 5) is 36.6. The number of imide groups is 1. The molecule has 0 bridgehead atoms. The van der Waals surface area contributed by atoms with Crippen LogP contribution in [-0.2, 0) is 4.74 Å². The standard InChI is InChI=1S/C11H20N4O4/c1-7(13-9(17)19-11(2,3)4)14-5-6-15(8(12)16)10(14)18/h7H,5-6H2,1-4H3,(H2,12,16)(H,13,17).